The molecule has 2 heterocycles. The van der Waals surface area contributed by atoms with Crippen molar-refractivity contribution in [3.05, 3.63) is 30.1 Å². The Morgan fingerprint density at radius 2 is 2.53 bits per heavy atom. The van der Waals surface area contributed by atoms with Crippen molar-refractivity contribution < 1.29 is 9.53 Å². The van der Waals surface area contributed by atoms with E-state index >= 15 is 0 Å². The molecule has 0 bridgehead atoms. The summed E-state index contributed by atoms with van der Waals surface area (Å²) in [5, 5.41) is 0. The summed E-state index contributed by atoms with van der Waals surface area (Å²) in [6.07, 6.45) is 5.72. The normalized spacial score (nSPS) is 17.5. The highest BCUT2D eigenvalue weighted by molar-refractivity contribution is 5.91. The van der Waals surface area contributed by atoms with Crippen LogP contribution < -0.4 is 0 Å². The van der Waals surface area contributed by atoms with Crippen LogP contribution in [0.5, 0.6) is 0 Å². The maximum absolute atomic E-state index is 11.3. The molecule has 0 unspecified atom stereocenters. The molecule has 3 heteroatoms. The van der Waals surface area contributed by atoms with E-state index in [9.17, 15) is 4.79 Å². The van der Waals surface area contributed by atoms with Gasteiger partial charge in [-0.3, -0.25) is 0 Å². The number of fused-ring (bicyclic) bond motifs is 1. The third-order valence-electron chi connectivity index (χ3n) is 2.58. The topological polar surface area (TPSA) is 31.2 Å². The molecule has 0 spiro atoms. The van der Waals surface area contributed by atoms with E-state index in [-0.39, 0.29) is 5.97 Å². The molecule has 1 aliphatic heterocycles. The Hall–Kier alpha value is -1.51. The predicted octanol–water partition coefficient (Wildman–Crippen LogP) is 2.23. The van der Waals surface area contributed by atoms with Gasteiger partial charge >= 0.3 is 5.97 Å². The molecular formula is C12H15NO2. The van der Waals surface area contributed by atoms with Gasteiger partial charge in [-0.2, -0.15) is 0 Å². The average molecular weight is 205 g/mol. The number of aryl methyl sites for hydroxylation is 1. The maximum atomic E-state index is 11.3. The van der Waals surface area contributed by atoms with Crippen LogP contribution in [0.4, 0.5) is 0 Å². The van der Waals surface area contributed by atoms with Crippen molar-refractivity contribution in [1.82, 2.24) is 4.57 Å². The smallest absolute Gasteiger partial charge is 0.331 e. The molecule has 0 amide bonds. The second-order valence-corrected chi connectivity index (χ2v) is 3.61. The standard InChI is InChI=1S/C12H15NO2/c1-2-15-12(14)9-10-5-3-7-13-8-4-6-11(10)13/h4,6,8-9H,2-3,5,7H2,1H3/b10-9-. The third kappa shape index (κ3) is 2.12. The lowest BCUT2D eigenvalue weighted by Gasteiger charge is -2.17. The van der Waals surface area contributed by atoms with Crippen molar-refractivity contribution in [3.8, 4) is 0 Å². The number of rotatable bonds is 2. The molecule has 0 N–H and O–H groups in total. The van der Waals surface area contributed by atoms with E-state index in [1.807, 2.05) is 25.3 Å². The number of carbonyl (C=O) groups excluding carboxylic acids is 1. The molecule has 1 aromatic rings. The molecule has 2 rings (SSSR count). The molecule has 0 saturated heterocycles. The van der Waals surface area contributed by atoms with Crippen molar-refractivity contribution in [2.45, 2.75) is 26.3 Å². The van der Waals surface area contributed by atoms with Crippen LogP contribution in [0.3, 0.4) is 0 Å². The van der Waals surface area contributed by atoms with Crippen molar-refractivity contribution in [2.24, 2.45) is 0 Å². The van der Waals surface area contributed by atoms with E-state index in [1.54, 1.807) is 6.08 Å². The lowest BCUT2D eigenvalue weighted by atomic mass is 10.0. The zero-order valence-electron chi connectivity index (χ0n) is 8.90. The second kappa shape index (κ2) is 4.34. The van der Waals surface area contributed by atoms with Gasteiger partial charge in [-0.25, -0.2) is 4.79 Å². The molecule has 1 aromatic heterocycles. The summed E-state index contributed by atoms with van der Waals surface area (Å²) < 4.78 is 7.09. The van der Waals surface area contributed by atoms with Gasteiger partial charge in [0, 0.05) is 24.5 Å². The van der Waals surface area contributed by atoms with E-state index in [1.165, 1.54) is 0 Å². The predicted molar refractivity (Wildman–Crippen MR) is 58.3 cm³/mol. The van der Waals surface area contributed by atoms with Gasteiger partial charge in [0.2, 0.25) is 0 Å². The number of hydrogen-bond donors (Lipinski definition) is 0. The number of esters is 1. The van der Waals surface area contributed by atoms with E-state index < -0.39 is 0 Å². The Balaban J connectivity index is 2.22. The first-order chi connectivity index (χ1) is 7.31. The van der Waals surface area contributed by atoms with Crippen molar-refractivity contribution >= 4 is 11.5 Å². The van der Waals surface area contributed by atoms with Gasteiger partial charge in [0.1, 0.15) is 0 Å². The fourth-order valence-corrected chi connectivity index (χ4v) is 1.94. The highest BCUT2D eigenvalue weighted by atomic mass is 16.5. The largest absolute Gasteiger partial charge is 0.463 e. The van der Waals surface area contributed by atoms with Gasteiger partial charge in [-0.05, 0) is 37.5 Å². The van der Waals surface area contributed by atoms with Crippen LogP contribution in [0.15, 0.2) is 24.4 Å². The van der Waals surface area contributed by atoms with E-state index in [0.29, 0.717) is 6.61 Å². The zero-order valence-corrected chi connectivity index (χ0v) is 8.90. The Morgan fingerprint density at radius 3 is 3.33 bits per heavy atom. The van der Waals surface area contributed by atoms with Gasteiger partial charge in [0.15, 0.2) is 0 Å². The van der Waals surface area contributed by atoms with Crippen LogP contribution in [0.2, 0.25) is 0 Å². The highest BCUT2D eigenvalue weighted by Gasteiger charge is 2.14. The summed E-state index contributed by atoms with van der Waals surface area (Å²) >= 11 is 0. The summed E-state index contributed by atoms with van der Waals surface area (Å²) in [6, 6.07) is 4.06. The van der Waals surface area contributed by atoms with Gasteiger partial charge in [0.25, 0.3) is 0 Å². The first-order valence-corrected chi connectivity index (χ1v) is 5.34. The highest BCUT2D eigenvalue weighted by Crippen LogP contribution is 2.26. The van der Waals surface area contributed by atoms with Crippen molar-refractivity contribution in [1.29, 1.82) is 0 Å². The average Bonchev–Trinajstić information content (AvgIpc) is 2.67. The van der Waals surface area contributed by atoms with Crippen LogP contribution in [0, 0.1) is 0 Å². The van der Waals surface area contributed by atoms with Crippen LogP contribution in [0.25, 0.3) is 5.57 Å². The van der Waals surface area contributed by atoms with Crippen molar-refractivity contribution in [2.75, 3.05) is 6.61 Å². The Kier molecular flexibility index (Phi) is 2.90. The first kappa shape index (κ1) is 10.0. The molecule has 15 heavy (non-hydrogen) atoms. The zero-order chi connectivity index (χ0) is 10.7. The minimum atomic E-state index is -0.234. The van der Waals surface area contributed by atoms with Crippen LogP contribution >= 0.6 is 0 Å². The maximum Gasteiger partial charge on any atom is 0.331 e. The summed E-state index contributed by atoms with van der Waals surface area (Å²) in [5.74, 6) is -0.234. The molecular weight excluding hydrogens is 190 g/mol. The first-order valence-electron chi connectivity index (χ1n) is 5.34. The lowest BCUT2D eigenvalue weighted by Crippen LogP contribution is -2.10. The minimum absolute atomic E-state index is 0.234. The van der Waals surface area contributed by atoms with Gasteiger partial charge in [-0.15, -0.1) is 0 Å². The number of ether oxygens (including phenoxy) is 1. The molecule has 80 valence electrons. The SMILES string of the molecule is CCOC(=O)/C=C1/CCCn2cccc21. The summed E-state index contributed by atoms with van der Waals surface area (Å²) in [4.78, 5) is 11.3. The number of aromatic nitrogens is 1. The fourth-order valence-electron chi connectivity index (χ4n) is 1.94. The Morgan fingerprint density at radius 1 is 1.67 bits per heavy atom. The second-order valence-electron chi connectivity index (χ2n) is 3.61. The number of nitrogens with zero attached hydrogens (tertiary/aromatic N) is 1. The lowest BCUT2D eigenvalue weighted by molar-refractivity contribution is -0.137. The molecule has 0 atom stereocenters. The third-order valence-corrected chi connectivity index (χ3v) is 2.58. The number of carbonyl (C=O) groups is 1. The number of allylic oxidation sites excluding steroid dienone is 1. The Labute approximate surface area is 89.3 Å². The van der Waals surface area contributed by atoms with E-state index in [2.05, 4.69) is 4.57 Å². The fraction of sp³-hybridized carbons (Fsp3) is 0.417. The molecule has 0 radical (unpaired) electrons. The van der Waals surface area contributed by atoms with Gasteiger partial charge in [-0.1, -0.05) is 0 Å². The van der Waals surface area contributed by atoms with Gasteiger partial charge < -0.3 is 9.30 Å². The quantitative estimate of drug-likeness (QED) is 0.547. The Bertz CT molecular complexity index is 390. The van der Waals surface area contributed by atoms with E-state index in [4.69, 9.17) is 4.74 Å². The summed E-state index contributed by atoms with van der Waals surface area (Å²) in [6.45, 7) is 3.30. The molecule has 0 fully saturated rings. The number of hydrogen-bond acceptors (Lipinski definition) is 2. The molecule has 0 aliphatic carbocycles. The van der Waals surface area contributed by atoms with Crippen LogP contribution in [0.1, 0.15) is 25.5 Å². The van der Waals surface area contributed by atoms with Gasteiger partial charge in [0.05, 0.1) is 6.61 Å². The molecule has 0 aromatic carbocycles. The van der Waals surface area contributed by atoms with Crippen molar-refractivity contribution in [3.63, 3.8) is 0 Å². The van der Waals surface area contributed by atoms with Crippen LogP contribution in [-0.2, 0) is 16.1 Å². The molecule has 1 aliphatic rings. The van der Waals surface area contributed by atoms with E-state index in [0.717, 1.165) is 30.7 Å². The summed E-state index contributed by atoms with van der Waals surface area (Å²) in [5.41, 5.74) is 2.24. The van der Waals surface area contributed by atoms with Crippen LogP contribution in [-0.4, -0.2) is 17.1 Å². The minimum Gasteiger partial charge on any atom is -0.463 e. The molecule has 3 nitrogen and oxygen atoms in total. The molecule has 0 saturated carbocycles. The monoisotopic (exact) mass is 205 g/mol. The summed E-state index contributed by atoms with van der Waals surface area (Å²) in [7, 11) is 0.